The molecule has 1 amide bonds. The summed E-state index contributed by atoms with van der Waals surface area (Å²) in [6.45, 7) is 12.5. The highest BCUT2D eigenvalue weighted by molar-refractivity contribution is 7.10. The first kappa shape index (κ1) is 24.7. The lowest BCUT2D eigenvalue weighted by atomic mass is 9.84. The van der Waals surface area contributed by atoms with E-state index in [1.807, 2.05) is 68.6 Å². The molecule has 2 aromatic carbocycles. The monoisotopic (exact) mass is 489 g/mol. The zero-order valence-electron chi connectivity index (χ0n) is 21.0. The number of benzene rings is 2. The Morgan fingerprint density at radius 2 is 1.83 bits per heavy atom. The summed E-state index contributed by atoms with van der Waals surface area (Å²) in [7, 11) is 0. The highest BCUT2D eigenvalue weighted by Gasteiger charge is 2.47. The number of nitrogens with zero attached hydrogens (tertiary/aromatic N) is 1. The van der Waals surface area contributed by atoms with Crippen molar-refractivity contribution in [2.45, 2.75) is 53.0 Å². The number of carbonyl (C=O) groups is 2. The van der Waals surface area contributed by atoms with E-state index in [0.29, 0.717) is 17.9 Å². The lowest BCUT2D eigenvalue weighted by Gasteiger charge is -2.26. The molecular weight excluding hydrogens is 458 g/mol. The molecule has 1 atom stereocenters. The highest BCUT2D eigenvalue weighted by atomic mass is 32.1. The van der Waals surface area contributed by atoms with E-state index in [4.69, 9.17) is 4.74 Å². The maximum absolute atomic E-state index is 13.4. The van der Waals surface area contributed by atoms with E-state index >= 15 is 0 Å². The van der Waals surface area contributed by atoms with Crippen molar-refractivity contribution < 1.29 is 19.4 Å². The molecule has 1 fully saturated rings. The highest BCUT2D eigenvalue weighted by Crippen LogP contribution is 2.45. The second-order valence-electron chi connectivity index (χ2n) is 9.87. The molecule has 1 aromatic heterocycles. The molecular formula is C29H31NO4S. The number of rotatable bonds is 5. The number of ether oxygens (including phenoxy) is 1. The Balaban J connectivity index is 1.94. The summed E-state index contributed by atoms with van der Waals surface area (Å²) in [5.41, 5.74) is 3.79. The van der Waals surface area contributed by atoms with Crippen LogP contribution in [0.4, 0.5) is 5.69 Å². The maximum Gasteiger partial charge on any atom is 0.300 e. The molecule has 1 N–H and O–H groups in total. The Hall–Kier alpha value is -3.38. The summed E-state index contributed by atoms with van der Waals surface area (Å²) >= 11 is 1.45. The van der Waals surface area contributed by atoms with Gasteiger partial charge in [0, 0.05) is 21.7 Å². The fourth-order valence-corrected chi connectivity index (χ4v) is 5.30. The van der Waals surface area contributed by atoms with Gasteiger partial charge in [0.25, 0.3) is 11.7 Å². The van der Waals surface area contributed by atoms with Crippen molar-refractivity contribution >= 4 is 34.5 Å². The van der Waals surface area contributed by atoms with Crippen LogP contribution >= 0.6 is 11.3 Å². The summed E-state index contributed by atoms with van der Waals surface area (Å²) in [5.74, 6) is -0.765. The van der Waals surface area contributed by atoms with Crippen molar-refractivity contribution in [3.8, 4) is 5.75 Å². The fraction of sp³-hybridized carbons (Fsp3) is 0.310. The summed E-state index contributed by atoms with van der Waals surface area (Å²) < 4.78 is 5.82. The van der Waals surface area contributed by atoms with Crippen LogP contribution in [0.2, 0.25) is 0 Å². The van der Waals surface area contributed by atoms with Crippen LogP contribution in [0.1, 0.15) is 60.9 Å². The van der Waals surface area contributed by atoms with Crippen LogP contribution < -0.4 is 9.64 Å². The number of carbonyl (C=O) groups excluding carboxylic acids is 2. The van der Waals surface area contributed by atoms with Crippen molar-refractivity contribution in [2.24, 2.45) is 0 Å². The van der Waals surface area contributed by atoms with Gasteiger partial charge in [0.15, 0.2) is 0 Å². The number of Topliss-reactive ketones (excluding diaryl/α,β-unsaturated/α-hetero) is 1. The Bertz CT molecular complexity index is 1310. The van der Waals surface area contributed by atoms with Gasteiger partial charge in [-0.05, 0) is 73.0 Å². The Morgan fingerprint density at radius 1 is 1.09 bits per heavy atom. The lowest BCUT2D eigenvalue weighted by Crippen LogP contribution is -2.29. The second kappa shape index (κ2) is 9.34. The molecule has 5 nitrogen and oxygen atoms in total. The van der Waals surface area contributed by atoms with Crippen LogP contribution in [-0.2, 0) is 15.0 Å². The first-order valence-electron chi connectivity index (χ1n) is 11.7. The first-order valence-corrected chi connectivity index (χ1v) is 12.6. The molecule has 0 saturated carbocycles. The largest absolute Gasteiger partial charge is 0.507 e. The van der Waals surface area contributed by atoms with Crippen LogP contribution in [-0.4, -0.2) is 23.4 Å². The quantitative estimate of drug-likeness (QED) is 0.246. The molecule has 2 heterocycles. The number of anilines is 1. The molecule has 0 spiro atoms. The van der Waals surface area contributed by atoms with Crippen LogP contribution in [0.5, 0.6) is 5.75 Å². The van der Waals surface area contributed by atoms with E-state index in [1.165, 1.54) is 16.2 Å². The van der Waals surface area contributed by atoms with Gasteiger partial charge in [-0.2, -0.15) is 0 Å². The van der Waals surface area contributed by atoms with Gasteiger partial charge in [-0.15, -0.1) is 11.3 Å². The van der Waals surface area contributed by atoms with Crippen LogP contribution in [0.15, 0.2) is 59.5 Å². The molecule has 3 aromatic rings. The second-order valence-corrected chi connectivity index (χ2v) is 10.8. The minimum absolute atomic E-state index is 0.0994. The van der Waals surface area contributed by atoms with Crippen LogP contribution in [0, 0.1) is 13.8 Å². The number of ketones is 1. The summed E-state index contributed by atoms with van der Waals surface area (Å²) in [4.78, 5) is 29.2. The molecule has 4 rings (SSSR count). The smallest absolute Gasteiger partial charge is 0.300 e. The van der Waals surface area contributed by atoms with E-state index in [0.717, 1.165) is 27.3 Å². The number of hydrogen-bond acceptors (Lipinski definition) is 5. The molecule has 182 valence electrons. The number of hydrogen-bond donors (Lipinski definition) is 1. The fourth-order valence-electron chi connectivity index (χ4n) is 4.48. The number of thiophene rings is 1. The maximum atomic E-state index is 13.4. The van der Waals surface area contributed by atoms with Crippen LogP contribution in [0.3, 0.4) is 0 Å². The van der Waals surface area contributed by atoms with Gasteiger partial charge in [0.1, 0.15) is 17.6 Å². The predicted molar refractivity (Wildman–Crippen MR) is 141 cm³/mol. The minimum atomic E-state index is -0.708. The third-order valence-electron chi connectivity index (χ3n) is 6.24. The van der Waals surface area contributed by atoms with Crippen molar-refractivity contribution in [1.29, 1.82) is 0 Å². The third-order valence-corrected chi connectivity index (χ3v) is 7.17. The van der Waals surface area contributed by atoms with E-state index in [9.17, 15) is 14.7 Å². The van der Waals surface area contributed by atoms with Gasteiger partial charge in [0.2, 0.25) is 0 Å². The predicted octanol–water partition coefficient (Wildman–Crippen LogP) is 6.69. The average Bonchev–Trinajstić information content (AvgIpc) is 3.42. The Morgan fingerprint density at radius 3 is 2.46 bits per heavy atom. The van der Waals surface area contributed by atoms with Gasteiger partial charge in [-0.3, -0.25) is 14.5 Å². The van der Waals surface area contributed by atoms with Crippen LogP contribution in [0.25, 0.3) is 5.76 Å². The molecule has 1 aliphatic rings. The lowest BCUT2D eigenvalue weighted by molar-refractivity contribution is -0.132. The van der Waals surface area contributed by atoms with E-state index < -0.39 is 17.7 Å². The van der Waals surface area contributed by atoms with Gasteiger partial charge >= 0.3 is 0 Å². The Labute approximate surface area is 210 Å². The minimum Gasteiger partial charge on any atom is -0.507 e. The number of amides is 1. The van der Waals surface area contributed by atoms with E-state index in [1.54, 1.807) is 6.07 Å². The standard InChI is InChI=1S/C29H31NO4S/c1-7-34-22-13-12-19(16-20(22)29(4,5)6)26(31)24-25(23-9-8-14-35-23)30(28(33)27(24)32)21-15-17(2)10-11-18(21)3/h8-16,25,31H,7H2,1-6H3/b26-24-. The topological polar surface area (TPSA) is 66.8 Å². The van der Waals surface area contributed by atoms with Gasteiger partial charge in [-0.25, -0.2) is 0 Å². The molecule has 0 bridgehead atoms. The van der Waals surface area contributed by atoms with E-state index in [-0.39, 0.29) is 16.7 Å². The molecule has 0 radical (unpaired) electrons. The average molecular weight is 490 g/mol. The molecule has 35 heavy (non-hydrogen) atoms. The van der Waals surface area contributed by atoms with Gasteiger partial charge < -0.3 is 9.84 Å². The normalized spacial score (nSPS) is 17.8. The summed E-state index contributed by atoms with van der Waals surface area (Å²) in [6.07, 6.45) is 0. The van der Waals surface area contributed by atoms with Crippen molar-refractivity contribution in [2.75, 3.05) is 11.5 Å². The van der Waals surface area contributed by atoms with Crippen molar-refractivity contribution in [3.05, 3.63) is 86.6 Å². The summed E-state index contributed by atoms with van der Waals surface area (Å²) in [6, 6.07) is 14.3. The molecule has 0 aliphatic carbocycles. The molecule has 6 heteroatoms. The molecule has 1 saturated heterocycles. The number of aliphatic hydroxyl groups excluding tert-OH is 1. The Kier molecular flexibility index (Phi) is 6.60. The van der Waals surface area contributed by atoms with Gasteiger partial charge in [0.05, 0.1) is 12.2 Å². The first-order chi connectivity index (χ1) is 16.5. The number of aryl methyl sites for hydroxylation is 2. The third kappa shape index (κ3) is 4.50. The summed E-state index contributed by atoms with van der Waals surface area (Å²) in [5, 5.41) is 13.4. The number of aliphatic hydroxyl groups is 1. The SMILES string of the molecule is CCOc1ccc(/C(O)=C2/C(=O)C(=O)N(c3cc(C)ccc3C)C2c2cccs2)cc1C(C)(C)C. The van der Waals surface area contributed by atoms with Gasteiger partial charge in [-0.1, -0.05) is 39.0 Å². The van der Waals surface area contributed by atoms with Crippen molar-refractivity contribution in [3.63, 3.8) is 0 Å². The van der Waals surface area contributed by atoms with E-state index in [2.05, 4.69) is 20.8 Å². The van der Waals surface area contributed by atoms with Crippen molar-refractivity contribution in [1.82, 2.24) is 0 Å². The molecule has 1 aliphatic heterocycles. The zero-order chi connectivity index (χ0) is 25.5. The molecule has 1 unspecified atom stereocenters. The zero-order valence-corrected chi connectivity index (χ0v) is 21.8.